The molecule has 5 nitrogen and oxygen atoms in total. The summed E-state index contributed by atoms with van der Waals surface area (Å²) in [5, 5.41) is 7.03. The number of nitrogens with one attached hydrogen (secondary N) is 1. The Kier molecular flexibility index (Phi) is 5.14. The summed E-state index contributed by atoms with van der Waals surface area (Å²) in [5.74, 6) is 2.21. The van der Waals surface area contributed by atoms with E-state index in [2.05, 4.69) is 31.4 Å². The molecule has 1 aromatic heterocycles. The molecule has 20 heavy (non-hydrogen) atoms. The van der Waals surface area contributed by atoms with E-state index in [1.807, 2.05) is 39.1 Å². The van der Waals surface area contributed by atoms with Crippen LogP contribution < -0.4 is 10.1 Å². The molecule has 0 bridgehead atoms. The molecule has 0 unspecified atom stereocenters. The minimum Gasteiger partial charge on any atom is -0.484 e. The van der Waals surface area contributed by atoms with Crippen LogP contribution in [0, 0.1) is 0 Å². The molecule has 0 aliphatic heterocycles. The number of rotatable bonds is 6. The normalized spacial score (nSPS) is 11.1. The highest BCUT2D eigenvalue weighted by atomic mass is 79.9. The summed E-state index contributed by atoms with van der Waals surface area (Å²) in [6.07, 6.45) is 0. The molecule has 0 aliphatic rings. The molecule has 2 rings (SSSR count). The lowest BCUT2D eigenvalue weighted by Crippen LogP contribution is -2.08. The molecular formula is C14H18BrN3O2. The van der Waals surface area contributed by atoms with Gasteiger partial charge in [-0.1, -0.05) is 31.1 Å². The molecule has 0 aliphatic carbocycles. The fraction of sp³-hybridized carbons (Fsp3) is 0.429. The number of nitrogens with zero attached hydrogens (tertiary/aromatic N) is 2. The summed E-state index contributed by atoms with van der Waals surface area (Å²) in [7, 11) is 1.90. The Balaban J connectivity index is 2.09. The lowest BCUT2D eigenvalue weighted by Gasteiger charge is -2.11. The van der Waals surface area contributed by atoms with Gasteiger partial charge in [-0.25, -0.2) is 0 Å². The predicted octanol–water partition coefficient (Wildman–Crippen LogP) is 3.25. The molecule has 6 heteroatoms. The smallest absolute Gasteiger partial charge is 0.229 e. The molecule has 0 saturated heterocycles. The number of para-hydroxylation sites is 1. The third kappa shape index (κ3) is 3.58. The van der Waals surface area contributed by atoms with Gasteiger partial charge in [0.1, 0.15) is 5.75 Å². The van der Waals surface area contributed by atoms with E-state index < -0.39 is 0 Å². The van der Waals surface area contributed by atoms with Crippen molar-refractivity contribution in [3.05, 3.63) is 40.0 Å². The van der Waals surface area contributed by atoms with Crippen molar-refractivity contribution in [1.82, 2.24) is 15.5 Å². The SMILES string of the molecule is CNCc1cccc(Br)c1OCc1noc(C(C)C)n1. The van der Waals surface area contributed by atoms with Crippen molar-refractivity contribution in [1.29, 1.82) is 0 Å². The van der Waals surface area contributed by atoms with Crippen LogP contribution in [0.2, 0.25) is 0 Å². The molecule has 1 heterocycles. The predicted molar refractivity (Wildman–Crippen MR) is 79.6 cm³/mol. The van der Waals surface area contributed by atoms with Crippen LogP contribution >= 0.6 is 15.9 Å². The van der Waals surface area contributed by atoms with Crippen LogP contribution in [-0.4, -0.2) is 17.2 Å². The first kappa shape index (κ1) is 15.0. The van der Waals surface area contributed by atoms with Gasteiger partial charge in [0.15, 0.2) is 6.61 Å². The van der Waals surface area contributed by atoms with E-state index in [0.29, 0.717) is 11.7 Å². The Morgan fingerprint density at radius 1 is 1.40 bits per heavy atom. The highest BCUT2D eigenvalue weighted by Gasteiger charge is 2.12. The Labute approximate surface area is 126 Å². The Morgan fingerprint density at radius 3 is 2.85 bits per heavy atom. The highest BCUT2D eigenvalue weighted by molar-refractivity contribution is 9.10. The summed E-state index contributed by atoms with van der Waals surface area (Å²) in [6, 6.07) is 5.95. The number of hydrogen-bond donors (Lipinski definition) is 1. The van der Waals surface area contributed by atoms with Crippen molar-refractivity contribution >= 4 is 15.9 Å². The average Bonchev–Trinajstić information content (AvgIpc) is 2.87. The molecule has 0 fully saturated rings. The first-order valence-corrected chi connectivity index (χ1v) is 7.28. The number of aromatic nitrogens is 2. The topological polar surface area (TPSA) is 60.2 Å². The van der Waals surface area contributed by atoms with Crippen LogP contribution in [0.5, 0.6) is 5.75 Å². The van der Waals surface area contributed by atoms with E-state index in [-0.39, 0.29) is 12.5 Å². The molecule has 108 valence electrons. The molecule has 0 saturated carbocycles. The number of halogens is 1. The molecule has 0 amide bonds. The van der Waals surface area contributed by atoms with Crippen molar-refractivity contribution in [2.45, 2.75) is 32.9 Å². The molecule has 0 spiro atoms. The van der Waals surface area contributed by atoms with Gasteiger partial charge in [-0.2, -0.15) is 4.98 Å². The Hall–Kier alpha value is -1.40. The van der Waals surface area contributed by atoms with Crippen LogP contribution in [0.15, 0.2) is 27.2 Å². The van der Waals surface area contributed by atoms with Crippen LogP contribution in [0.4, 0.5) is 0 Å². The summed E-state index contributed by atoms with van der Waals surface area (Å²) >= 11 is 3.50. The van der Waals surface area contributed by atoms with Gasteiger partial charge in [0.25, 0.3) is 0 Å². The Bertz CT molecular complexity index is 569. The molecule has 2 aromatic rings. The minimum absolute atomic E-state index is 0.222. The van der Waals surface area contributed by atoms with Gasteiger partial charge in [0.2, 0.25) is 11.7 Å². The van der Waals surface area contributed by atoms with Crippen molar-refractivity contribution < 1.29 is 9.26 Å². The number of hydrogen-bond acceptors (Lipinski definition) is 5. The lowest BCUT2D eigenvalue weighted by molar-refractivity contribution is 0.280. The van der Waals surface area contributed by atoms with E-state index in [1.165, 1.54) is 0 Å². The van der Waals surface area contributed by atoms with E-state index in [9.17, 15) is 0 Å². The van der Waals surface area contributed by atoms with Crippen molar-refractivity contribution in [3.63, 3.8) is 0 Å². The summed E-state index contributed by atoms with van der Waals surface area (Å²) in [5.41, 5.74) is 1.08. The van der Waals surface area contributed by atoms with Gasteiger partial charge in [0.05, 0.1) is 4.47 Å². The van der Waals surface area contributed by atoms with Crippen molar-refractivity contribution in [2.24, 2.45) is 0 Å². The third-order valence-electron chi connectivity index (χ3n) is 2.74. The molecular weight excluding hydrogens is 322 g/mol. The zero-order valence-electron chi connectivity index (χ0n) is 11.8. The highest BCUT2D eigenvalue weighted by Crippen LogP contribution is 2.29. The standard InChI is InChI=1S/C14H18BrN3O2/c1-9(2)14-17-12(18-20-14)8-19-13-10(7-16-3)5-4-6-11(13)15/h4-6,9,16H,7-8H2,1-3H3. The molecule has 1 aromatic carbocycles. The first-order valence-electron chi connectivity index (χ1n) is 6.49. The van der Waals surface area contributed by atoms with Gasteiger partial charge in [-0.3, -0.25) is 0 Å². The number of ether oxygens (including phenoxy) is 1. The van der Waals surface area contributed by atoms with Crippen LogP contribution in [0.25, 0.3) is 0 Å². The van der Waals surface area contributed by atoms with Crippen molar-refractivity contribution in [3.8, 4) is 5.75 Å². The molecule has 0 atom stereocenters. The van der Waals surface area contributed by atoms with E-state index >= 15 is 0 Å². The van der Waals surface area contributed by atoms with E-state index in [0.717, 1.165) is 22.3 Å². The molecule has 1 N–H and O–H groups in total. The summed E-state index contributed by atoms with van der Waals surface area (Å²) < 4.78 is 11.9. The second-order valence-electron chi connectivity index (χ2n) is 4.75. The maximum atomic E-state index is 5.83. The maximum absolute atomic E-state index is 5.83. The monoisotopic (exact) mass is 339 g/mol. The lowest BCUT2D eigenvalue weighted by atomic mass is 10.2. The second kappa shape index (κ2) is 6.85. The van der Waals surface area contributed by atoms with Crippen LogP contribution in [0.1, 0.15) is 37.0 Å². The van der Waals surface area contributed by atoms with Gasteiger partial charge < -0.3 is 14.6 Å². The van der Waals surface area contributed by atoms with Crippen LogP contribution in [-0.2, 0) is 13.2 Å². The van der Waals surface area contributed by atoms with Gasteiger partial charge in [-0.15, -0.1) is 0 Å². The van der Waals surface area contributed by atoms with Crippen molar-refractivity contribution in [2.75, 3.05) is 7.05 Å². The number of benzene rings is 1. The average molecular weight is 340 g/mol. The summed E-state index contributed by atoms with van der Waals surface area (Å²) in [6.45, 7) is 5.04. The fourth-order valence-corrected chi connectivity index (χ4v) is 2.26. The second-order valence-corrected chi connectivity index (χ2v) is 5.60. The van der Waals surface area contributed by atoms with Gasteiger partial charge in [0, 0.05) is 18.0 Å². The third-order valence-corrected chi connectivity index (χ3v) is 3.36. The summed E-state index contributed by atoms with van der Waals surface area (Å²) in [4.78, 5) is 4.30. The largest absolute Gasteiger partial charge is 0.484 e. The first-order chi connectivity index (χ1) is 9.61. The van der Waals surface area contributed by atoms with Crippen LogP contribution in [0.3, 0.4) is 0 Å². The molecule has 0 radical (unpaired) electrons. The zero-order chi connectivity index (χ0) is 14.5. The van der Waals surface area contributed by atoms with Gasteiger partial charge >= 0.3 is 0 Å². The minimum atomic E-state index is 0.222. The van der Waals surface area contributed by atoms with E-state index in [4.69, 9.17) is 9.26 Å². The Morgan fingerprint density at radius 2 is 2.20 bits per heavy atom. The maximum Gasteiger partial charge on any atom is 0.229 e. The zero-order valence-corrected chi connectivity index (χ0v) is 13.4. The van der Waals surface area contributed by atoms with E-state index in [1.54, 1.807) is 0 Å². The van der Waals surface area contributed by atoms with Gasteiger partial charge in [-0.05, 0) is 29.0 Å². The fourth-order valence-electron chi connectivity index (χ4n) is 1.74. The quantitative estimate of drug-likeness (QED) is 0.875.